The second-order valence-electron chi connectivity index (χ2n) is 10.6. The number of ether oxygens (including phenoxy) is 2. The molecule has 10 nitrogen and oxygen atoms in total. The predicted octanol–water partition coefficient (Wildman–Crippen LogP) is 5.76. The molecule has 2 aromatic heterocycles. The first-order valence-corrected chi connectivity index (χ1v) is 14.2. The minimum absolute atomic E-state index is 0.0965. The number of carbonyl (C=O) groups excluding carboxylic acids is 1. The monoisotopic (exact) mass is 569 g/mol. The van der Waals surface area contributed by atoms with Crippen LogP contribution in [0.3, 0.4) is 0 Å². The average molecular weight is 570 g/mol. The van der Waals surface area contributed by atoms with Crippen molar-refractivity contribution in [1.82, 2.24) is 25.1 Å². The molecular weight excluding hydrogens is 532 g/mol. The van der Waals surface area contributed by atoms with Crippen LogP contribution in [0.4, 0.5) is 25.2 Å². The number of carbonyl (C=O) groups is 1. The van der Waals surface area contributed by atoms with Crippen molar-refractivity contribution in [2.75, 3.05) is 31.4 Å². The van der Waals surface area contributed by atoms with Crippen LogP contribution >= 0.6 is 0 Å². The molecule has 0 spiro atoms. The normalized spacial score (nSPS) is 15.5. The molecule has 41 heavy (non-hydrogen) atoms. The van der Waals surface area contributed by atoms with Gasteiger partial charge in [-0.15, -0.1) is 0 Å². The van der Waals surface area contributed by atoms with E-state index in [0.717, 1.165) is 49.8 Å². The maximum Gasteiger partial charge on any atom is 0.320 e. The summed E-state index contributed by atoms with van der Waals surface area (Å²) in [5, 5.41) is 13.6. The lowest BCUT2D eigenvalue weighted by Gasteiger charge is -2.23. The maximum absolute atomic E-state index is 15.0. The standard InChI is InChI=1S/C29H37F2N7O3/c1-5-41-19-13-21(30)20(22(31)14-19)15-38-24(17-11-12-17)16(2)23(37-38)26-34-27(32-3)25(40-4)28(35-26)36-29(39)33-18-9-7-6-8-10-18/h13-14,17-18H,5-12,15H2,1-4H3,(H3,32,33,34,35,36,39). The van der Waals surface area contributed by atoms with Crippen molar-refractivity contribution in [3.63, 3.8) is 0 Å². The number of hydrogen-bond acceptors (Lipinski definition) is 7. The highest BCUT2D eigenvalue weighted by atomic mass is 19.1. The number of halogens is 2. The summed E-state index contributed by atoms with van der Waals surface area (Å²) in [7, 11) is 3.17. The van der Waals surface area contributed by atoms with Gasteiger partial charge in [0, 0.05) is 48.0 Å². The van der Waals surface area contributed by atoms with Crippen molar-refractivity contribution in [3.05, 3.63) is 40.6 Å². The summed E-state index contributed by atoms with van der Waals surface area (Å²) in [4.78, 5) is 22.2. The second-order valence-corrected chi connectivity index (χ2v) is 10.6. The van der Waals surface area contributed by atoms with Crippen LogP contribution in [-0.4, -0.2) is 52.6 Å². The van der Waals surface area contributed by atoms with Gasteiger partial charge in [-0.2, -0.15) is 5.10 Å². The number of benzene rings is 1. The fourth-order valence-corrected chi connectivity index (χ4v) is 5.48. The lowest BCUT2D eigenvalue weighted by Crippen LogP contribution is -2.39. The van der Waals surface area contributed by atoms with Crippen LogP contribution in [0.1, 0.15) is 74.6 Å². The summed E-state index contributed by atoms with van der Waals surface area (Å²) in [6.07, 6.45) is 7.16. The Balaban J connectivity index is 1.50. The molecule has 0 radical (unpaired) electrons. The van der Waals surface area contributed by atoms with Crippen molar-refractivity contribution in [1.29, 1.82) is 0 Å². The molecule has 3 N–H and O–H groups in total. The van der Waals surface area contributed by atoms with Crippen molar-refractivity contribution in [3.8, 4) is 23.0 Å². The van der Waals surface area contributed by atoms with E-state index in [9.17, 15) is 13.6 Å². The minimum Gasteiger partial charge on any atom is -0.494 e. The summed E-state index contributed by atoms with van der Waals surface area (Å²) in [5.74, 6) is 0.0893. The molecule has 3 aromatic rings. The molecule has 0 bridgehead atoms. The van der Waals surface area contributed by atoms with Crippen LogP contribution < -0.4 is 25.4 Å². The fraction of sp³-hybridized carbons (Fsp3) is 0.517. The Morgan fingerprint density at radius 3 is 2.37 bits per heavy atom. The molecule has 1 aromatic carbocycles. The summed E-state index contributed by atoms with van der Waals surface area (Å²) >= 11 is 0. The van der Waals surface area contributed by atoms with Crippen molar-refractivity contribution in [2.24, 2.45) is 0 Å². The third-order valence-electron chi connectivity index (χ3n) is 7.63. The molecule has 0 saturated heterocycles. The molecule has 0 atom stereocenters. The number of anilines is 2. The Labute approximate surface area is 238 Å². The number of methoxy groups -OCH3 is 1. The smallest absolute Gasteiger partial charge is 0.320 e. The summed E-state index contributed by atoms with van der Waals surface area (Å²) in [6, 6.07) is 2.13. The van der Waals surface area contributed by atoms with E-state index in [2.05, 4.69) is 25.9 Å². The number of aromatic nitrogens is 4. The van der Waals surface area contributed by atoms with Crippen LogP contribution in [0, 0.1) is 18.6 Å². The first kappa shape index (κ1) is 28.6. The van der Waals surface area contributed by atoms with Crippen LogP contribution in [-0.2, 0) is 6.54 Å². The van der Waals surface area contributed by atoms with E-state index in [1.54, 1.807) is 18.7 Å². The molecule has 220 valence electrons. The van der Waals surface area contributed by atoms with Crippen molar-refractivity contribution < 1.29 is 23.0 Å². The summed E-state index contributed by atoms with van der Waals surface area (Å²) in [5.41, 5.74) is 2.08. The Hall–Kier alpha value is -3.96. The molecule has 2 fully saturated rings. The first-order valence-electron chi connectivity index (χ1n) is 14.2. The van der Waals surface area contributed by atoms with Gasteiger partial charge in [-0.25, -0.2) is 23.5 Å². The topological polar surface area (TPSA) is 115 Å². The molecule has 2 aliphatic rings. The van der Waals surface area contributed by atoms with Gasteiger partial charge in [0.25, 0.3) is 0 Å². The number of amides is 2. The molecule has 2 amide bonds. The number of urea groups is 1. The second kappa shape index (κ2) is 12.3. The molecule has 12 heteroatoms. The molecule has 2 aliphatic carbocycles. The summed E-state index contributed by atoms with van der Waals surface area (Å²) in [6.45, 7) is 3.87. The first-order chi connectivity index (χ1) is 19.8. The van der Waals surface area contributed by atoms with Gasteiger partial charge < -0.3 is 20.1 Å². The fourth-order valence-electron chi connectivity index (χ4n) is 5.48. The van der Waals surface area contributed by atoms with Gasteiger partial charge in [-0.3, -0.25) is 10.00 Å². The number of nitrogens with zero attached hydrogens (tertiary/aromatic N) is 4. The Bertz CT molecular complexity index is 1390. The Morgan fingerprint density at radius 1 is 1.07 bits per heavy atom. The van der Waals surface area contributed by atoms with Crippen LogP contribution in [0.25, 0.3) is 11.5 Å². The number of nitrogens with one attached hydrogen (secondary N) is 3. The van der Waals surface area contributed by atoms with Gasteiger partial charge in [0.05, 0.1) is 20.3 Å². The molecule has 2 heterocycles. The van der Waals surface area contributed by atoms with Gasteiger partial charge in [0.2, 0.25) is 5.75 Å². The SMILES string of the molecule is CCOc1cc(F)c(Cn2nc(-c3nc(NC)c(OC)c(NC(=O)NC4CCCCC4)n3)c(C)c2C2CC2)c(F)c1. The van der Waals surface area contributed by atoms with Crippen LogP contribution in [0.15, 0.2) is 12.1 Å². The average Bonchev–Trinajstić information content (AvgIpc) is 3.73. The van der Waals surface area contributed by atoms with E-state index in [0.29, 0.717) is 18.1 Å². The van der Waals surface area contributed by atoms with Gasteiger partial charge in [-0.05, 0) is 39.5 Å². The van der Waals surface area contributed by atoms with Crippen LogP contribution in [0.5, 0.6) is 11.5 Å². The van der Waals surface area contributed by atoms with Crippen molar-refractivity contribution in [2.45, 2.75) is 77.3 Å². The quantitative estimate of drug-likeness (QED) is 0.285. The highest BCUT2D eigenvalue weighted by molar-refractivity contribution is 5.91. The van der Waals surface area contributed by atoms with Gasteiger partial charge >= 0.3 is 6.03 Å². The van der Waals surface area contributed by atoms with E-state index in [4.69, 9.17) is 14.6 Å². The largest absolute Gasteiger partial charge is 0.494 e. The Morgan fingerprint density at radius 2 is 1.76 bits per heavy atom. The van der Waals surface area contributed by atoms with E-state index in [1.165, 1.54) is 25.7 Å². The maximum atomic E-state index is 15.0. The van der Waals surface area contributed by atoms with Crippen molar-refractivity contribution >= 4 is 17.7 Å². The van der Waals surface area contributed by atoms with E-state index >= 15 is 0 Å². The number of hydrogen-bond donors (Lipinski definition) is 3. The van der Waals surface area contributed by atoms with Gasteiger partial charge in [-0.1, -0.05) is 19.3 Å². The lowest BCUT2D eigenvalue weighted by molar-refractivity contribution is 0.244. The highest BCUT2D eigenvalue weighted by Crippen LogP contribution is 2.44. The Kier molecular flexibility index (Phi) is 8.55. The zero-order chi connectivity index (χ0) is 29.1. The number of rotatable bonds is 10. The molecule has 0 unspecified atom stereocenters. The zero-order valence-corrected chi connectivity index (χ0v) is 23.9. The lowest BCUT2D eigenvalue weighted by atomic mass is 9.96. The minimum atomic E-state index is -0.696. The predicted molar refractivity (Wildman–Crippen MR) is 152 cm³/mol. The zero-order valence-electron chi connectivity index (χ0n) is 23.9. The van der Waals surface area contributed by atoms with E-state index in [1.807, 2.05) is 6.92 Å². The van der Waals surface area contributed by atoms with Gasteiger partial charge in [0.1, 0.15) is 23.1 Å². The van der Waals surface area contributed by atoms with E-state index in [-0.39, 0.29) is 53.2 Å². The summed E-state index contributed by atoms with van der Waals surface area (Å²) < 4.78 is 42.4. The van der Waals surface area contributed by atoms with Gasteiger partial charge in [0.15, 0.2) is 17.5 Å². The molecule has 2 saturated carbocycles. The third kappa shape index (κ3) is 6.20. The highest BCUT2D eigenvalue weighted by Gasteiger charge is 2.33. The molecule has 5 rings (SSSR count). The third-order valence-corrected chi connectivity index (χ3v) is 7.63. The molecular formula is C29H37F2N7O3. The molecule has 0 aliphatic heterocycles. The van der Waals surface area contributed by atoms with E-state index < -0.39 is 11.6 Å². The van der Waals surface area contributed by atoms with Crippen LogP contribution in [0.2, 0.25) is 0 Å².